The molecule has 1 aliphatic carbocycles. The molecule has 0 aliphatic heterocycles. The van der Waals surface area contributed by atoms with Gasteiger partial charge in [-0.3, -0.25) is 4.79 Å². The van der Waals surface area contributed by atoms with Crippen LogP contribution in [0.2, 0.25) is 0 Å². The Hall–Kier alpha value is -1.47. The minimum absolute atomic E-state index is 0.102. The van der Waals surface area contributed by atoms with Crippen molar-refractivity contribution in [3.8, 4) is 0 Å². The van der Waals surface area contributed by atoms with E-state index in [1.54, 1.807) is 0 Å². The van der Waals surface area contributed by atoms with Crippen LogP contribution in [0.5, 0.6) is 0 Å². The minimum atomic E-state index is -3.99. The first-order valence-corrected chi connectivity index (χ1v) is 7.02. The second-order valence-corrected chi connectivity index (χ2v) is 5.98. The maximum Gasteiger partial charge on any atom is 0.238 e. The van der Waals surface area contributed by atoms with E-state index in [-0.39, 0.29) is 16.5 Å². The van der Waals surface area contributed by atoms with E-state index in [2.05, 4.69) is 5.32 Å². The quantitative estimate of drug-likeness (QED) is 0.863. The van der Waals surface area contributed by atoms with E-state index in [0.29, 0.717) is 12.3 Å². The van der Waals surface area contributed by atoms with Gasteiger partial charge in [-0.1, -0.05) is 0 Å². The molecule has 3 N–H and O–H groups in total. The van der Waals surface area contributed by atoms with Gasteiger partial charge < -0.3 is 5.32 Å². The maximum atomic E-state index is 13.2. The smallest absolute Gasteiger partial charge is 0.238 e. The zero-order chi connectivity index (χ0) is 13.3. The number of primary sulfonamides is 1. The zero-order valence-corrected chi connectivity index (χ0v) is 10.3. The van der Waals surface area contributed by atoms with E-state index in [4.69, 9.17) is 5.14 Å². The van der Waals surface area contributed by atoms with Gasteiger partial charge in [0.15, 0.2) is 0 Å². The molecule has 1 amide bonds. The molecule has 7 heteroatoms. The standard InChI is InChI=1S/C11H13FN2O3S/c12-8-4-9(6-10(5-8)18(13,16)17)14-11(15)3-7-1-2-7/h4-7H,1-3H2,(H,14,15)(H2,13,16,17). The molecule has 1 aromatic rings. The molecule has 1 aliphatic rings. The number of anilines is 1. The molecule has 0 atom stereocenters. The van der Waals surface area contributed by atoms with E-state index >= 15 is 0 Å². The Morgan fingerprint density at radius 1 is 1.39 bits per heavy atom. The fourth-order valence-electron chi connectivity index (χ4n) is 1.60. The molecule has 0 aromatic heterocycles. The number of carbonyl (C=O) groups is 1. The van der Waals surface area contributed by atoms with Crippen LogP contribution in [-0.2, 0) is 14.8 Å². The number of nitrogens with two attached hydrogens (primary N) is 1. The summed E-state index contributed by atoms with van der Waals surface area (Å²) in [5, 5.41) is 7.38. The summed E-state index contributed by atoms with van der Waals surface area (Å²) in [6.45, 7) is 0. The summed E-state index contributed by atoms with van der Waals surface area (Å²) in [4.78, 5) is 11.2. The lowest BCUT2D eigenvalue weighted by Gasteiger charge is -2.06. The van der Waals surface area contributed by atoms with E-state index in [1.165, 1.54) is 0 Å². The van der Waals surface area contributed by atoms with E-state index < -0.39 is 15.8 Å². The summed E-state index contributed by atoms with van der Waals surface area (Å²) >= 11 is 0. The number of amides is 1. The third kappa shape index (κ3) is 3.51. The normalized spacial score (nSPS) is 15.4. The fourth-order valence-corrected chi connectivity index (χ4v) is 2.16. The van der Waals surface area contributed by atoms with Crippen molar-refractivity contribution >= 4 is 21.6 Å². The van der Waals surface area contributed by atoms with Crippen molar-refractivity contribution in [2.75, 3.05) is 5.32 Å². The predicted molar refractivity (Wildman–Crippen MR) is 63.7 cm³/mol. The topological polar surface area (TPSA) is 89.3 Å². The third-order valence-electron chi connectivity index (χ3n) is 2.65. The van der Waals surface area contributed by atoms with Crippen molar-refractivity contribution in [3.63, 3.8) is 0 Å². The Labute approximate surface area is 104 Å². The van der Waals surface area contributed by atoms with Gasteiger partial charge in [-0.05, 0) is 37.0 Å². The van der Waals surface area contributed by atoms with Crippen LogP contribution in [0.25, 0.3) is 0 Å². The third-order valence-corrected chi connectivity index (χ3v) is 3.55. The van der Waals surface area contributed by atoms with Crippen LogP contribution in [0.15, 0.2) is 23.1 Å². The maximum absolute atomic E-state index is 13.2. The molecule has 18 heavy (non-hydrogen) atoms. The molecule has 0 bridgehead atoms. The monoisotopic (exact) mass is 272 g/mol. The second kappa shape index (κ2) is 4.66. The van der Waals surface area contributed by atoms with Crippen molar-refractivity contribution in [2.45, 2.75) is 24.2 Å². The Bertz CT molecular complexity index is 582. The van der Waals surface area contributed by atoms with Gasteiger partial charge in [-0.2, -0.15) is 0 Å². The Balaban J connectivity index is 2.17. The molecule has 0 radical (unpaired) electrons. The van der Waals surface area contributed by atoms with Gasteiger partial charge >= 0.3 is 0 Å². The van der Waals surface area contributed by atoms with Crippen LogP contribution < -0.4 is 10.5 Å². The Morgan fingerprint density at radius 2 is 2.06 bits per heavy atom. The number of benzene rings is 1. The summed E-state index contributed by atoms with van der Waals surface area (Å²) in [5.74, 6) is -0.608. The zero-order valence-electron chi connectivity index (χ0n) is 9.52. The van der Waals surface area contributed by atoms with Gasteiger partial charge in [0, 0.05) is 12.1 Å². The molecule has 5 nitrogen and oxygen atoms in total. The number of rotatable bonds is 4. The first-order chi connectivity index (χ1) is 8.34. The van der Waals surface area contributed by atoms with Crippen LogP contribution in [0.1, 0.15) is 19.3 Å². The average molecular weight is 272 g/mol. The second-order valence-electron chi connectivity index (χ2n) is 4.42. The lowest BCUT2D eigenvalue weighted by atomic mass is 10.2. The molecular weight excluding hydrogens is 259 g/mol. The van der Waals surface area contributed by atoms with Crippen molar-refractivity contribution < 1.29 is 17.6 Å². The highest BCUT2D eigenvalue weighted by Gasteiger charge is 2.24. The van der Waals surface area contributed by atoms with E-state index in [0.717, 1.165) is 31.0 Å². The predicted octanol–water partition coefficient (Wildman–Crippen LogP) is 1.21. The molecule has 0 heterocycles. The minimum Gasteiger partial charge on any atom is -0.326 e. The molecular formula is C11H13FN2O3S. The highest BCUT2D eigenvalue weighted by atomic mass is 32.2. The summed E-state index contributed by atoms with van der Waals surface area (Å²) in [6, 6.07) is 3.01. The number of hydrogen-bond acceptors (Lipinski definition) is 3. The van der Waals surface area contributed by atoms with E-state index in [1.807, 2.05) is 0 Å². The largest absolute Gasteiger partial charge is 0.326 e. The molecule has 0 spiro atoms. The highest BCUT2D eigenvalue weighted by Crippen LogP contribution is 2.32. The van der Waals surface area contributed by atoms with Gasteiger partial charge in [0.2, 0.25) is 15.9 Å². The first-order valence-electron chi connectivity index (χ1n) is 5.48. The average Bonchev–Trinajstić information content (AvgIpc) is 2.98. The summed E-state index contributed by atoms with van der Waals surface area (Å²) in [7, 11) is -3.99. The van der Waals surface area contributed by atoms with Crippen LogP contribution >= 0.6 is 0 Å². The lowest BCUT2D eigenvalue weighted by molar-refractivity contribution is -0.116. The van der Waals surface area contributed by atoms with Crippen LogP contribution in [0.4, 0.5) is 10.1 Å². The molecule has 1 aromatic carbocycles. The Morgan fingerprint density at radius 3 is 2.61 bits per heavy atom. The van der Waals surface area contributed by atoms with Gasteiger partial charge in [-0.15, -0.1) is 0 Å². The van der Waals surface area contributed by atoms with Crippen molar-refractivity contribution in [3.05, 3.63) is 24.0 Å². The highest BCUT2D eigenvalue weighted by molar-refractivity contribution is 7.89. The fraction of sp³-hybridized carbons (Fsp3) is 0.364. The molecule has 1 fully saturated rings. The van der Waals surface area contributed by atoms with Gasteiger partial charge in [-0.25, -0.2) is 17.9 Å². The molecule has 0 unspecified atom stereocenters. The molecule has 2 rings (SSSR count). The molecule has 98 valence electrons. The number of nitrogens with one attached hydrogen (secondary N) is 1. The summed E-state index contributed by atoms with van der Waals surface area (Å²) in [5.41, 5.74) is 0.102. The number of halogens is 1. The lowest BCUT2D eigenvalue weighted by Crippen LogP contribution is -2.15. The van der Waals surface area contributed by atoms with Crippen molar-refractivity contribution in [2.24, 2.45) is 11.1 Å². The SMILES string of the molecule is NS(=O)(=O)c1cc(F)cc(NC(=O)CC2CC2)c1. The Kier molecular flexibility index (Phi) is 3.36. The van der Waals surface area contributed by atoms with Gasteiger partial charge in [0.05, 0.1) is 4.90 Å². The van der Waals surface area contributed by atoms with Gasteiger partial charge in [0.1, 0.15) is 5.82 Å². The number of sulfonamides is 1. The molecule has 0 saturated heterocycles. The number of hydrogen-bond donors (Lipinski definition) is 2. The number of carbonyl (C=O) groups excluding carboxylic acids is 1. The van der Waals surface area contributed by atoms with Crippen LogP contribution in [0, 0.1) is 11.7 Å². The van der Waals surface area contributed by atoms with Crippen LogP contribution in [-0.4, -0.2) is 14.3 Å². The van der Waals surface area contributed by atoms with Crippen molar-refractivity contribution in [1.82, 2.24) is 0 Å². The summed E-state index contributed by atoms with van der Waals surface area (Å²) in [6.07, 6.45) is 2.43. The van der Waals surface area contributed by atoms with Crippen molar-refractivity contribution in [1.29, 1.82) is 0 Å². The molecule has 1 saturated carbocycles. The van der Waals surface area contributed by atoms with Crippen LogP contribution in [0.3, 0.4) is 0 Å². The van der Waals surface area contributed by atoms with E-state index in [9.17, 15) is 17.6 Å². The summed E-state index contributed by atoms with van der Waals surface area (Å²) < 4.78 is 35.4. The first kappa shape index (κ1) is 13.0. The van der Waals surface area contributed by atoms with Gasteiger partial charge in [0.25, 0.3) is 0 Å².